The maximum absolute atomic E-state index is 12.9. The molecule has 0 radical (unpaired) electrons. The number of carbonyl (C=O) groups is 2. The molecule has 1 rings (SSSR count). The first kappa shape index (κ1) is 16.1. The van der Waals surface area contributed by atoms with Crippen molar-refractivity contribution >= 4 is 11.8 Å². The molecule has 0 spiro atoms. The first-order chi connectivity index (χ1) is 9.49. The second-order valence-corrected chi connectivity index (χ2v) is 4.53. The third-order valence-electron chi connectivity index (χ3n) is 2.62. The number of halogens is 1. The third-order valence-corrected chi connectivity index (χ3v) is 2.62. The summed E-state index contributed by atoms with van der Waals surface area (Å²) in [4.78, 5) is 23.1. The lowest BCUT2D eigenvalue weighted by Crippen LogP contribution is -2.37. The van der Waals surface area contributed by atoms with Gasteiger partial charge in [0.05, 0.1) is 12.6 Å². The van der Waals surface area contributed by atoms with Gasteiger partial charge in [-0.1, -0.05) is 6.07 Å². The number of amides is 2. The van der Waals surface area contributed by atoms with Crippen LogP contribution in [0, 0.1) is 5.82 Å². The lowest BCUT2D eigenvalue weighted by atomic mass is 10.2. The number of aliphatic hydroxyl groups excluding tert-OH is 1. The van der Waals surface area contributed by atoms with E-state index in [2.05, 4.69) is 10.6 Å². The minimum absolute atomic E-state index is 0.163. The van der Waals surface area contributed by atoms with E-state index in [0.717, 1.165) is 6.07 Å². The molecule has 6 heteroatoms. The molecule has 0 aliphatic heterocycles. The number of rotatable bonds is 7. The van der Waals surface area contributed by atoms with Gasteiger partial charge >= 0.3 is 0 Å². The zero-order valence-corrected chi connectivity index (χ0v) is 11.4. The fraction of sp³-hybridized carbons (Fsp3) is 0.429. The molecule has 1 atom stereocenters. The van der Waals surface area contributed by atoms with Crippen LogP contribution in [0.15, 0.2) is 24.3 Å². The van der Waals surface area contributed by atoms with Crippen LogP contribution < -0.4 is 10.6 Å². The molecule has 1 aromatic rings. The van der Waals surface area contributed by atoms with E-state index in [1.54, 1.807) is 6.92 Å². The molecule has 0 heterocycles. The van der Waals surface area contributed by atoms with Crippen molar-refractivity contribution in [2.24, 2.45) is 0 Å². The Hall–Kier alpha value is -1.95. The van der Waals surface area contributed by atoms with E-state index in [0.29, 0.717) is 19.4 Å². The fourth-order valence-electron chi connectivity index (χ4n) is 1.58. The smallest absolute Gasteiger partial charge is 0.251 e. The molecule has 0 bridgehead atoms. The average Bonchev–Trinajstić information content (AvgIpc) is 2.40. The van der Waals surface area contributed by atoms with Crippen molar-refractivity contribution in [1.82, 2.24) is 10.6 Å². The Labute approximate surface area is 117 Å². The lowest BCUT2D eigenvalue weighted by molar-refractivity contribution is -0.120. The summed E-state index contributed by atoms with van der Waals surface area (Å²) in [5, 5.41) is 14.1. The average molecular weight is 282 g/mol. The molecule has 0 aliphatic rings. The quantitative estimate of drug-likeness (QED) is 0.648. The topological polar surface area (TPSA) is 78.4 Å². The third kappa shape index (κ3) is 6.29. The van der Waals surface area contributed by atoms with Crippen LogP contribution in [0.4, 0.5) is 4.39 Å². The van der Waals surface area contributed by atoms with E-state index in [4.69, 9.17) is 5.11 Å². The van der Waals surface area contributed by atoms with Crippen molar-refractivity contribution in [3.63, 3.8) is 0 Å². The summed E-state index contributed by atoms with van der Waals surface area (Å²) in [5.74, 6) is -1.32. The highest BCUT2D eigenvalue weighted by atomic mass is 19.1. The minimum atomic E-state index is -0.500. The Morgan fingerprint density at radius 1 is 1.35 bits per heavy atom. The highest BCUT2D eigenvalue weighted by Crippen LogP contribution is 2.02. The largest absolute Gasteiger partial charge is 0.393 e. The molecule has 3 N–H and O–H groups in total. The van der Waals surface area contributed by atoms with Crippen LogP contribution in [-0.4, -0.2) is 36.1 Å². The summed E-state index contributed by atoms with van der Waals surface area (Å²) < 4.78 is 12.9. The molecule has 20 heavy (non-hydrogen) atoms. The number of benzene rings is 1. The molecule has 0 saturated carbocycles. The van der Waals surface area contributed by atoms with E-state index in [1.807, 2.05) is 0 Å². The summed E-state index contributed by atoms with van der Waals surface area (Å²) in [6.45, 7) is 1.96. The van der Waals surface area contributed by atoms with Crippen molar-refractivity contribution in [2.45, 2.75) is 25.9 Å². The van der Waals surface area contributed by atoms with E-state index in [-0.39, 0.29) is 24.1 Å². The van der Waals surface area contributed by atoms with Crippen molar-refractivity contribution in [3.05, 3.63) is 35.6 Å². The standard InChI is InChI=1S/C14H19FN2O3/c1-10(18)4-3-7-16-13(19)9-17-14(20)11-5-2-6-12(15)8-11/h2,5-6,8,10,18H,3-4,7,9H2,1H3,(H,16,19)(H,17,20). The molecule has 1 aromatic carbocycles. The summed E-state index contributed by atoms with van der Waals surface area (Å²) in [5.41, 5.74) is 0.173. The normalized spacial score (nSPS) is 11.8. The summed E-state index contributed by atoms with van der Waals surface area (Å²) in [6, 6.07) is 5.25. The van der Waals surface area contributed by atoms with Gasteiger partial charge in [0.15, 0.2) is 0 Å². The van der Waals surface area contributed by atoms with Crippen molar-refractivity contribution in [1.29, 1.82) is 0 Å². The van der Waals surface area contributed by atoms with E-state index in [1.165, 1.54) is 18.2 Å². The second-order valence-electron chi connectivity index (χ2n) is 4.53. The van der Waals surface area contributed by atoms with Crippen molar-refractivity contribution in [3.8, 4) is 0 Å². The zero-order chi connectivity index (χ0) is 15.0. The Morgan fingerprint density at radius 3 is 2.75 bits per heavy atom. The molecule has 110 valence electrons. The summed E-state index contributed by atoms with van der Waals surface area (Å²) >= 11 is 0. The maximum atomic E-state index is 12.9. The summed E-state index contributed by atoms with van der Waals surface area (Å²) in [7, 11) is 0. The second kappa shape index (κ2) is 8.27. The number of hydrogen-bond acceptors (Lipinski definition) is 3. The Balaban J connectivity index is 2.25. The van der Waals surface area contributed by atoms with Gasteiger partial charge in [-0.15, -0.1) is 0 Å². The van der Waals surface area contributed by atoms with Crippen LogP contribution in [-0.2, 0) is 4.79 Å². The molecular formula is C14H19FN2O3. The van der Waals surface area contributed by atoms with Gasteiger partial charge in [-0.05, 0) is 38.0 Å². The van der Waals surface area contributed by atoms with Gasteiger partial charge in [0.2, 0.25) is 5.91 Å². The zero-order valence-electron chi connectivity index (χ0n) is 11.4. The molecular weight excluding hydrogens is 263 g/mol. The SMILES string of the molecule is CC(O)CCCNC(=O)CNC(=O)c1cccc(F)c1. The van der Waals surface area contributed by atoms with Gasteiger partial charge in [0.25, 0.3) is 5.91 Å². The van der Waals surface area contributed by atoms with Crippen molar-refractivity contribution < 1.29 is 19.1 Å². The van der Waals surface area contributed by atoms with Crippen LogP contribution in [0.2, 0.25) is 0 Å². The van der Waals surface area contributed by atoms with Crippen LogP contribution in [0.1, 0.15) is 30.1 Å². The molecule has 0 aliphatic carbocycles. The minimum Gasteiger partial charge on any atom is -0.393 e. The molecule has 0 saturated heterocycles. The molecule has 0 aromatic heterocycles. The Kier molecular flexibility index (Phi) is 6.66. The van der Waals surface area contributed by atoms with E-state index >= 15 is 0 Å². The van der Waals surface area contributed by atoms with E-state index in [9.17, 15) is 14.0 Å². The van der Waals surface area contributed by atoms with Crippen molar-refractivity contribution in [2.75, 3.05) is 13.1 Å². The highest BCUT2D eigenvalue weighted by molar-refractivity contribution is 5.96. The number of aliphatic hydroxyl groups is 1. The van der Waals surface area contributed by atoms with Gasteiger partial charge in [-0.25, -0.2) is 4.39 Å². The van der Waals surface area contributed by atoms with Gasteiger partial charge < -0.3 is 15.7 Å². The molecule has 5 nitrogen and oxygen atoms in total. The highest BCUT2D eigenvalue weighted by Gasteiger charge is 2.08. The predicted molar refractivity (Wildman–Crippen MR) is 72.7 cm³/mol. The molecule has 1 unspecified atom stereocenters. The summed E-state index contributed by atoms with van der Waals surface area (Å²) in [6.07, 6.45) is 0.886. The monoisotopic (exact) mass is 282 g/mol. The first-order valence-electron chi connectivity index (χ1n) is 6.47. The van der Waals surface area contributed by atoms with Gasteiger partial charge in [0.1, 0.15) is 5.82 Å². The van der Waals surface area contributed by atoms with Crippen LogP contribution in [0.25, 0.3) is 0 Å². The van der Waals surface area contributed by atoms with Crippen LogP contribution >= 0.6 is 0 Å². The van der Waals surface area contributed by atoms with Crippen LogP contribution in [0.5, 0.6) is 0 Å². The van der Waals surface area contributed by atoms with Crippen LogP contribution in [0.3, 0.4) is 0 Å². The fourth-order valence-corrected chi connectivity index (χ4v) is 1.58. The Bertz CT molecular complexity index is 463. The number of carbonyl (C=O) groups excluding carboxylic acids is 2. The predicted octanol–water partition coefficient (Wildman–Crippen LogP) is 0.833. The molecule has 2 amide bonds. The lowest BCUT2D eigenvalue weighted by Gasteiger charge is -2.08. The Morgan fingerprint density at radius 2 is 2.10 bits per heavy atom. The van der Waals surface area contributed by atoms with Gasteiger partial charge in [0, 0.05) is 12.1 Å². The number of nitrogens with one attached hydrogen (secondary N) is 2. The molecule has 0 fully saturated rings. The maximum Gasteiger partial charge on any atom is 0.251 e. The van der Waals surface area contributed by atoms with Gasteiger partial charge in [-0.3, -0.25) is 9.59 Å². The number of hydrogen-bond donors (Lipinski definition) is 3. The van der Waals surface area contributed by atoms with E-state index < -0.39 is 11.7 Å². The first-order valence-corrected chi connectivity index (χ1v) is 6.47. The van der Waals surface area contributed by atoms with Gasteiger partial charge in [-0.2, -0.15) is 0 Å².